The van der Waals surface area contributed by atoms with Gasteiger partial charge in [-0.05, 0) is 36.6 Å². The smallest absolute Gasteiger partial charge is 0.223 e. The zero-order valence-electron chi connectivity index (χ0n) is 12.9. The number of nitrogens with zero attached hydrogens (tertiary/aromatic N) is 1. The number of rotatable bonds is 6. The third kappa shape index (κ3) is 4.74. The molecule has 4 heteroatoms. The van der Waals surface area contributed by atoms with Gasteiger partial charge in [-0.1, -0.05) is 25.7 Å². The van der Waals surface area contributed by atoms with E-state index in [1.165, 1.54) is 32.6 Å². The largest absolute Gasteiger partial charge is 0.491 e. The molecule has 1 fully saturated rings. The molecule has 1 amide bonds. The molecule has 0 unspecified atom stereocenters. The molecule has 2 rings (SSSR count). The number of ether oxygens (including phenoxy) is 1. The van der Waals surface area contributed by atoms with E-state index in [1.807, 2.05) is 24.3 Å². The fourth-order valence-corrected chi connectivity index (χ4v) is 2.84. The third-order valence-electron chi connectivity index (χ3n) is 4.22. The molecular formula is C17H25NO3. The van der Waals surface area contributed by atoms with Gasteiger partial charge in [0.15, 0.2) is 0 Å². The first-order valence-corrected chi connectivity index (χ1v) is 7.71. The lowest BCUT2D eigenvalue weighted by Gasteiger charge is -2.17. The Kier molecular flexibility index (Phi) is 5.62. The number of carbonyl (C=O) groups excluding carboxylic acids is 1. The summed E-state index contributed by atoms with van der Waals surface area (Å²) in [6.07, 6.45) is 5.51. The van der Waals surface area contributed by atoms with Crippen LogP contribution in [0.4, 0.5) is 5.69 Å². The van der Waals surface area contributed by atoms with Gasteiger partial charge in [0.1, 0.15) is 12.4 Å². The second kappa shape index (κ2) is 7.46. The van der Waals surface area contributed by atoms with Crippen molar-refractivity contribution in [2.75, 3.05) is 18.6 Å². The molecule has 1 saturated carbocycles. The first kappa shape index (κ1) is 15.8. The SMILES string of the molecule is CC(=O)N(C)c1ccc(OC[C@H](O)CC2CCCC2)cc1. The molecule has 1 aliphatic rings. The third-order valence-corrected chi connectivity index (χ3v) is 4.22. The van der Waals surface area contributed by atoms with Crippen LogP contribution in [0.5, 0.6) is 5.75 Å². The molecule has 1 atom stereocenters. The highest BCUT2D eigenvalue weighted by Gasteiger charge is 2.19. The summed E-state index contributed by atoms with van der Waals surface area (Å²) < 4.78 is 5.62. The maximum atomic E-state index is 11.3. The van der Waals surface area contributed by atoms with Crippen LogP contribution in [0.3, 0.4) is 0 Å². The van der Waals surface area contributed by atoms with Crippen LogP contribution >= 0.6 is 0 Å². The van der Waals surface area contributed by atoms with Crippen LogP contribution in [0.1, 0.15) is 39.0 Å². The van der Waals surface area contributed by atoms with Gasteiger partial charge in [-0.15, -0.1) is 0 Å². The van der Waals surface area contributed by atoms with E-state index in [0.717, 1.165) is 17.9 Å². The summed E-state index contributed by atoms with van der Waals surface area (Å²) in [5.74, 6) is 1.38. The highest BCUT2D eigenvalue weighted by molar-refractivity contribution is 5.90. The molecule has 116 valence electrons. The normalized spacial score (nSPS) is 16.7. The molecule has 0 saturated heterocycles. The van der Waals surface area contributed by atoms with E-state index >= 15 is 0 Å². The lowest BCUT2D eigenvalue weighted by molar-refractivity contribution is -0.116. The van der Waals surface area contributed by atoms with Crippen LogP contribution in [0.2, 0.25) is 0 Å². The minimum absolute atomic E-state index is 0.00402. The number of carbonyl (C=O) groups is 1. The molecule has 0 heterocycles. The van der Waals surface area contributed by atoms with Gasteiger partial charge in [-0.3, -0.25) is 4.79 Å². The molecule has 1 aromatic rings. The number of hydrogen-bond donors (Lipinski definition) is 1. The van der Waals surface area contributed by atoms with Crippen molar-refractivity contribution in [3.8, 4) is 5.75 Å². The average Bonchev–Trinajstić information content (AvgIpc) is 2.97. The van der Waals surface area contributed by atoms with Gasteiger partial charge in [0.25, 0.3) is 0 Å². The second-order valence-corrected chi connectivity index (χ2v) is 5.92. The minimum Gasteiger partial charge on any atom is -0.491 e. The number of aliphatic hydroxyl groups excluding tert-OH is 1. The lowest BCUT2D eigenvalue weighted by atomic mass is 10.0. The Morgan fingerprint density at radius 2 is 1.95 bits per heavy atom. The van der Waals surface area contributed by atoms with Crippen LogP contribution in [0.15, 0.2) is 24.3 Å². The summed E-state index contributed by atoms with van der Waals surface area (Å²) in [7, 11) is 1.74. The van der Waals surface area contributed by atoms with Crippen molar-refractivity contribution in [1.82, 2.24) is 0 Å². The topological polar surface area (TPSA) is 49.8 Å². The highest BCUT2D eigenvalue weighted by atomic mass is 16.5. The Morgan fingerprint density at radius 1 is 1.33 bits per heavy atom. The van der Waals surface area contributed by atoms with Gasteiger partial charge >= 0.3 is 0 Å². The Bertz CT molecular complexity index is 452. The summed E-state index contributed by atoms with van der Waals surface area (Å²) in [6.45, 7) is 1.86. The van der Waals surface area contributed by atoms with Crippen LogP contribution in [0, 0.1) is 5.92 Å². The molecule has 0 spiro atoms. The molecule has 1 N–H and O–H groups in total. The molecule has 0 bridgehead atoms. The van der Waals surface area contributed by atoms with Crippen molar-refractivity contribution >= 4 is 11.6 Å². The van der Waals surface area contributed by atoms with Gasteiger partial charge in [-0.25, -0.2) is 0 Å². The highest BCUT2D eigenvalue weighted by Crippen LogP contribution is 2.28. The van der Waals surface area contributed by atoms with Crippen molar-refractivity contribution in [3.63, 3.8) is 0 Å². The summed E-state index contributed by atoms with van der Waals surface area (Å²) in [5, 5.41) is 10.0. The van der Waals surface area contributed by atoms with Crippen LogP contribution in [0.25, 0.3) is 0 Å². The molecule has 0 aromatic heterocycles. The van der Waals surface area contributed by atoms with Crippen molar-refractivity contribution in [3.05, 3.63) is 24.3 Å². The standard InChI is InChI=1S/C17H25NO3/c1-13(19)18(2)15-7-9-17(10-8-15)21-12-16(20)11-14-5-3-4-6-14/h7-10,14,16,20H,3-6,11-12H2,1-2H3/t16-/m1/s1. The minimum atomic E-state index is -0.396. The number of amides is 1. The number of anilines is 1. The van der Waals surface area contributed by atoms with Gasteiger partial charge in [0.05, 0.1) is 6.10 Å². The van der Waals surface area contributed by atoms with Crippen LogP contribution in [-0.2, 0) is 4.79 Å². The number of hydrogen-bond acceptors (Lipinski definition) is 3. The Labute approximate surface area is 126 Å². The molecule has 1 aliphatic carbocycles. The zero-order valence-corrected chi connectivity index (χ0v) is 12.9. The number of aliphatic hydroxyl groups is 1. The van der Waals surface area contributed by atoms with Crippen molar-refractivity contribution in [2.24, 2.45) is 5.92 Å². The van der Waals surface area contributed by atoms with Gasteiger partial charge in [0.2, 0.25) is 5.91 Å². The van der Waals surface area contributed by atoms with Crippen molar-refractivity contribution < 1.29 is 14.6 Å². The average molecular weight is 291 g/mol. The van der Waals surface area contributed by atoms with E-state index in [1.54, 1.807) is 11.9 Å². The van der Waals surface area contributed by atoms with Gasteiger partial charge in [-0.2, -0.15) is 0 Å². The quantitative estimate of drug-likeness (QED) is 0.876. The first-order chi connectivity index (χ1) is 10.1. The maximum Gasteiger partial charge on any atom is 0.223 e. The fourth-order valence-electron chi connectivity index (χ4n) is 2.84. The first-order valence-electron chi connectivity index (χ1n) is 7.71. The predicted molar refractivity (Wildman–Crippen MR) is 83.6 cm³/mol. The molecule has 21 heavy (non-hydrogen) atoms. The van der Waals surface area contributed by atoms with Gasteiger partial charge in [0, 0.05) is 19.7 Å². The van der Waals surface area contributed by atoms with E-state index in [-0.39, 0.29) is 5.91 Å². The second-order valence-electron chi connectivity index (χ2n) is 5.92. The van der Waals surface area contributed by atoms with Gasteiger partial charge < -0.3 is 14.7 Å². The molecule has 0 radical (unpaired) electrons. The summed E-state index contributed by atoms with van der Waals surface area (Å²) in [5.41, 5.74) is 0.835. The molecule has 4 nitrogen and oxygen atoms in total. The van der Waals surface area contributed by atoms with E-state index in [2.05, 4.69) is 0 Å². The summed E-state index contributed by atoms with van der Waals surface area (Å²) >= 11 is 0. The maximum absolute atomic E-state index is 11.3. The Morgan fingerprint density at radius 3 is 2.52 bits per heavy atom. The fraction of sp³-hybridized carbons (Fsp3) is 0.588. The molecule has 1 aromatic carbocycles. The van der Waals surface area contributed by atoms with Crippen molar-refractivity contribution in [2.45, 2.75) is 45.1 Å². The Balaban J connectivity index is 1.78. The van der Waals surface area contributed by atoms with E-state index in [0.29, 0.717) is 12.5 Å². The van der Waals surface area contributed by atoms with Crippen LogP contribution in [-0.4, -0.2) is 30.8 Å². The Hall–Kier alpha value is -1.55. The predicted octanol–water partition coefficient (Wildman–Crippen LogP) is 2.99. The van der Waals surface area contributed by atoms with Crippen molar-refractivity contribution in [1.29, 1.82) is 0 Å². The molecular weight excluding hydrogens is 266 g/mol. The van der Waals surface area contributed by atoms with Crippen LogP contribution < -0.4 is 9.64 Å². The van der Waals surface area contributed by atoms with E-state index < -0.39 is 6.10 Å². The van der Waals surface area contributed by atoms with E-state index in [9.17, 15) is 9.90 Å². The lowest BCUT2D eigenvalue weighted by Crippen LogP contribution is -2.22. The van der Waals surface area contributed by atoms with E-state index in [4.69, 9.17) is 4.74 Å². The monoisotopic (exact) mass is 291 g/mol. The molecule has 0 aliphatic heterocycles. The summed E-state index contributed by atoms with van der Waals surface area (Å²) in [6, 6.07) is 7.36. The number of benzene rings is 1. The summed E-state index contributed by atoms with van der Waals surface area (Å²) in [4.78, 5) is 12.9. The zero-order chi connectivity index (χ0) is 15.2.